The van der Waals surface area contributed by atoms with E-state index >= 15 is 0 Å². The Balaban J connectivity index is 1.76. The summed E-state index contributed by atoms with van der Waals surface area (Å²) in [7, 11) is 0. The maximum atomic E-state index is 12.1. The van der Waals surface area contributed by atoms with Crippen molar-refractivity contribution in [3.63, 3.8) is 0 Å². The lowest BCUT2D eigenvalue weighted by atomic mass is 9.75. The Morgan fingerprint density at radius 1 is 1.04 bits per heavy atom. The van der Waals surface area contributed by atoms with Crippen molar-refractivity contribution >= 4 is 11.9 Å². The number of rotatable bonds is 7. The summed E-state index contributed by atoms with van der Waals surface area (Å²) in [6, 6.07) is 5.73. The molecule has 1 aromatic carbocycles. The van der Waals surface area contributed by atoms with Crippen molar-refractivity contribution in [1.29, 1.82) is 0 Å². The average molecular weight is 376 g/mol. The molecule has 0 aromatic heterocycles. The van der Waals surface area contributed by atoms with Gasteiger partial charge in [0.25, 0.3) is 0 Å². The van der Waals surface area contributed by atoms with Crippen LogP contribution in [-0.4, -0.2) is 31.3 Å². The first-order valence-electron chi connectivity index (χ1n) is 9.80. The van der Waals surface area contributed by atoms with Gasteiger partial charge in [-0.2, -0.15) is 0 Å². The van der Waals surface area contributed by atoms with E-state index in [0.717, 1.165) is 24.0 Å². The van der Waals surface area contributed by atoms with E-state index in [0.29, 0.717) is 23.5 Å². The molecule has 0 heterocycles. The molecule has 27 heavy (non-hydrogen) atoms. The van der Waals surface area contributed by atoms with Gasteiger partial charge in [0.1, 0.15) is 11.9 Å². The molecule has 3 atom stereocenters. The minimum atomic E-state index is -0.580. The van der Waals surface area contributed by atoms with E-state index in [4.69, 9.17) is 14.2 Å². The molecule has 0 saturated heterocycles. The van der Waals surface area contributed by atoms with Crippen LogP contribution in [0.25, 0.3) is 0 Å². The summed E-state index contributed by atoms with van der Waals surface area (Å²) in [5.74, 6) is 0.926. The van der Waals surface area contributed by atoms with Crippen LogP contribution in [0.4, 0.5) is 0 Å². The van der Waals surface area contributed by atoms with E-state index in [1.807, 2.05) is 32.0 Å². The molecular weight excluding hydrogens is 344 g/mol. The Morgan fingerprint density at radius 2 is 1.70 bits per heavy atom. The number of esters is 2. The largest absolute Gasteiger partial charge is 0.482 e. The molecule has 150 valence electrons. The lowest BCUT2D eigenvalue weighted by molar-refractivity contribution is -0.167. The normalized spacial score (nSPS) is 22.4. The van der Waals surface area contributed by atoms with E-state index in [1.54, 1.807) is 0 Å². The van der Waals surface area contributed by atoms with E-state index in [-0.39, 0.29) is 19.3 Å². The van der Waals surface area contributed by atoms with Gasteiger partial charge in [0.2, 0.25) is 0 Å². The van der Waals surface area contributed by atoms with Gasteiger partial charge >= 0.3 is 11.9 Å². The van der Waals surface area contributed by atoms with Crippen LogP contribution >= 0.6 is 0 Å². The SMILES string of the molecule is Cc1cc(C)cc(OCC(=O)OCC(=O)O[C@@H]2C[C@@H](C)CC[C@@H]2C(C)C)c1. The quantitative estimate of drug-likeness (QED) is 0.667. The summed E-state index contributed by atoms with van der Waals surface area (Å²) in [5.41, 5.74) is 2.12. The summed E-state index contributed by atoms with van der Waals surface area (Å²) >= 11 is 0. The van der Waals surface area contributed by atoms with Crippen LogP contribution in [0.1, 0.15) is 51.2 Å². The van der Waals surface area contributed by atoms with Crippen molar-refractivity contribution < 1.29 is 23.8 Å². The average Bonchev–Trinajstić information content (AvgIpc) is 2.57. The monoisotopic (exact) mass is 376 g/mol. The Hall–Kier alpha value is -2.04. The number of carbonyl (C=O) groups excluding carboxylic acids is 2. The molecule has 2 rings (SSSR count). The van der Waals surface area contributed by atoms with Crippen LogP contribution in [0.3, 0.4) is 0 Å². The standard InChI is InChI=1S/C22H32O5/c1-14(2)19-7-6-15(3)11-20(19)27-22(24)13-26-21(23)12-25-18-9-16(4)8-17(5)10-18/h8-10,14-15,19-20H,6-7,11-13H2,1-5H3/t15-,19+,20+/m0/s1. The van der Waals surface area contributed by atoms with Gasteiger partial charge in [-0.25, -0.2) is 9.59 Å². The van der Waals surface area contributed by atoms with E-state index in [1.165, 1.54) is 6.42 Å². The molecule has 0 N–H and O–H groups in total. The van der Waals surface area contributed by atoms with Gasteiger partial charge in [0.15, 0.2) is 13.2 Å². The number of benzene rings is 1. The second-order valence-electron chi connectivity index (χ2n) is 8.13. The zero-order chi connectivity index (χ0) is 20.0. The van der Waals surface area contributed by atoms with Crippen LogP contribution in [0.5, 0.6) is 5.75 Å². The summed E-state index contributed by atoms with van der Waals surface area (Å²) < 4.78 is 16.1. The van der Waals surface area contributed by atoms with Crippen LogP contribution < -0.4 is 4.74 Å². The minimum absolute atomic E-state index is 0.0912. The lowest BCUT2D eigenvalue weighted by Crippen LogP contribution is -2.37. The molecule has 1 aliphatic carbocycles. The molecule has 1 aliphatic rings. The fraction of sp³-hybridized carbons (Fsp3) is 0.636. The maximum absolute atomic E-state index is 12.1. The summed E-state index contributed by atoms with van der Waals surface area (Å²) in [4.78, 5) is 24.0. The van der Waals surface area contributed by atoms with Gasteiger partial charge in [-0.1, -0.05) is 33.3 Å². The highest BCUT2D eigenvalue weighted by Crippen LogP contribution is 2.35. The highest BCUT2D eigenvalue weighted by Gasteiger charge is 2.33. The van der Waals surface area contributed by atoms with Crippen LogP contribution in [0.2, 0.25) is 0 Å². The maximum Gasteiger partial charge on any atom is 0.344 e. The van der Waals surface area contributed by atoms with E-state index in [2.05, 4.69) is 20.8 Å². The summed E-state index contributed by atoms with van der Waals surface area (Å²) in [6.45, 7) is 9.82. The smallest absolute Gasteiger partial charge is 0.344 e. The first kappa shape index (κ1) is 21.3. The van der Waals surface area contributed by atoms with Crippen LogP contribution in [0.15, 0.2) is 18.2 Å². The molecule has 0 spiro atoms. The first-order chi connectivity index (χ1) is 12.7. The van der Waals surface area contributed by atoms with Gasteiger partial charge in [-0.15, -0.1) is 0 Å². The van der Waals surface area contributed by atoms with Crippen LogP contribution in [-0.2, 0) is 19.1 Å². The van der Waals surface area contributed by atoms with Crippen molar-refractivity contribution in [2.24, 2.45) is 17.8 Å². The van der Waals surface area contributed by atoms with E-state index < -0.39 is 11.9 Å². The lowest BCUT2D eigenvalue weighted by Gasteiger charge is -2.36. The molecule has 1 saturated carbocycles. The molecule has 0 aliphatic heterocycles. The number of aryl methyl sites for hydroxylation is 2. The highest BCUT2D eigenvalue weighted by atomic mass is 16.6. The first-order valence-corrected chi connectivity index (χ1v) is 9.80. The molecule has 5 nitrogen and oxygen atoms in total. The Labute approximate surface area is 162 Å². The zero-order valence-electron chi connectivity index (χ0n) is 17.1. The summed E-state index contributed by atoms with van der Waals surface area (Å²) in [5, 5.41) is 0. The van der Waals surface area contributed by atoms with Crippen molar-refractivity contribution in [2.75, 3.05) is 13.2 Å². The highest BCUT2D eigenvalue weighted by molar-refractivity contribution is 5.77. The molecular formula is C22H32O5. The van der Waals surface area contributed by atoms with Gasteiger partial charge in [-0.3, -0.25) is 0 Å². The third kappa shape index (κ3) is 6.89. The topological polar surface area (TPSA) is 61.8 Å². The predicted molar refractivity (Wildman–Crippen MR) is 104 cm³/mol. The van der Waals surface area contributed by atoms with Crippen molar-refractivity contribution in [1.82, 2.24) is 0 Å². The summed E-state index contributed by atoms with van der Waals surface area (Å²) in [6.07, 6.45) is 3.02. The van der Waals surface area contributed by atoms with Crippen molar-refractivity contribution in [3.05, 3.63) is 29.3 Å². The fourth-order valence-electron chi connectivity index (χ4n) is 3.79. The van der Waals surface area contributed by atoms with Gasteiger partial charge < -0.3 is 14.2 Å². The minimum Gasteiger partial charge on any atom is -0.482 e. The van der Waals surface area contributed by atoms with Crippen molar-refractivity contribution in [3.8, 4) is 5.75 Å². The molecule has 0 amide bonds. The Bertz CT molecular complexity index is 632. The third-order valence-corrected chi connectivity index (χ3v) is 5.15. The zero-order valence-corrected chi connectivity index (χ0v) is 17.1. The fourth-order valence-corrected chi connectivity index (χ4v) is 3.79. The number of hydrogen-bond acceptors (Lipinski definition) is 5. The molecule has 0 unspecified atom stereocenters. The third-order valence-electron chi connectivity index (χ3n) is 5.15. The van der Waals surface area contributed by atoms with Crippen LogP contribution in [0, 0.1) is 31.6 Å². The van der Waals surface area contributed by atoms with Gasteiger partial charge in [0, 0.05) is 0 Å². The second kappa shape index (κ2) is 9.77. The molecule has 1 fully saturated rings. The molecule has 0 bridgehead atoms. The van der Waals surface area contributed by atoms with Crippen molar-refractivity contribution in [2.45, 2.75) is 60.0 Å². The molecule has 1 aromatic rings. The number of carbonyl (C=O) groups is 2. The second-order valence-corrected chi connectivity index (χ2v) is 8.13. The number of hydrogen-bond donors (Lipinski definition) is 0. The molecule has 5 heteroatoms. The van der Waals surface area contributed by atoms with Gasteiger partial charge in [0.05, 0.1) is 0 Å². The van der Waals surface area contributed by atoms with E-state index in [9.17, 15) is 9.59 Å². The Kier molecular flexibility index (Phi) is 7.69. The Morgan fingerprint density at radius 3 is 2.33 bits per heavy atom. The molecule has 0 radical (unpaired) electrons. The van der Waals surface area contributed by atoms with Gasteiger partial charge in [-0.05, 0) is 67.7 Å². The number of ether oxygens (including phenoxy) is 3. The predicted octanol–water partition coefficient (Wildman–Crippen LogP) is 4.23.